The molecule has 116 valence electrons. The Balaban J connectivity index is 2.35. The van der Waals surface area contributed by atoms with Gasteiger partial charge in [0.25, 0.3) is 0 Å². The number of allylic oxidation sites excluding steroid dienone is 2. The fourth-order valence-electron chi connectivity index (χ4n) is 3.16. The number of hydrogen-bond donors (Lipinski definition) is 3. The lowest BCUT2D eigenvalue weighted by Gasteiger charge is -2.22. The van der Waals surface area contributed by atoms with Crippen molar-refractivity contribution in [2.45, 2.75) is 70.5 Å². The number of rotatable bonds is 9. The van der Waals surface area contributed by atoms with Crippen molar-refractivity contribution in [1.82, 2.24) is 0 Å². The molecule has 0 heterocycles. The Kier molecular flexibility index (Phi) is 7.85. The molecule has 0 aromatic heterocycles. The highest BCUT2D eigenvalue weighted by atomic mass is 16.4. The third-order valence-electron chi connectivity index (χ3n) is 4.26. The maximum Gasteiger partial charge on any atom is 0.303 e. The van der Waals surface area contributed by atoms with Crippen LogP contribution in [0.4, 0.5) is 0 Å². The molecular weight excluding hydrogens is 256 g/mol. The first-order valence-electron chi connectivity index (χ1n) is 7.79. The first kappa shape index (κ1) is 17.2. The molecule has 0 radical (unpaired) electrons. The summed E-state index contributed by atoms with van der Waals surface area (Å²) in [6.07, 6.45) is 9.27. The zero-order valence-corrected chi connectivity index (χ0v) is 12.4. The minimum absolute atomic E-state index is 0.146. The molecule has 4 heteroatoms. The SMILES string of the molecule is CCC=CC[C@H]1[C@H](CCCCCC(=O)O)[C@H](O)C[C@@H]1O. The van der Waals surface area contributed by atoms with Gasteiger partial charge in [-0.1, -0.05) is 31.9 Å². The van der Waals surface area contributed by atoms with E-state index in [4.69, 9.17) is 5.11 Å². The van der Waals surface area contributed by atoms with E-state index >= 15 is 0 Å². The van der Waals surface area contributed by atoms with Gasteiger partial charge in [-0.3, -0.25) is 4.79 Å². The summed E-state index contributed by atoms with van der Waals surface area (Å²) in [6, 6.07) is 0. The van der Waals surface area contributed by atoms with E-state index in [1.54, 1.807) is 0 Å². The summed E-state index contributed by atoms with van der Waals surface area (Å²) in [7, 11) is 0. The molecule has 1 fully saturated rings. The van der Waals surface area contributed by atoms with Gasteiger partial charge in [0.05, 0.1) is 12.2 Å². The molecule has 0 aromatic rings. The van der Waals surface area contributed by atoms with E-state index in [-0.39, 0.29) is 18.3 Å². The molecule has 0 aliphatic heterocycles. The zero-order chi connectivity index (χ0) is 15.0. The lowest BCUT2D eigenvalue weighted by atomic mass is 9.86. The average molecular weight is 284 g/mol. The van der Waals surface area contributed by atoms with Crippen molar-refractivity contribution in [2.75, 3.05) is 0 Å². The van der Waals surface area contributed by atoms with E-state index in [1.165, 1.54) is 0 Å². The number of aliphatic hydroxyl groups excluding tert-OH is 2. The zero-order valence-electron chi connectivity index (χ0n) is 12.4. The molecular formula is C16H28O4. The predicted molar refractivity (Wildman–Crippen MR) is 78.4 cm³/mol. The maximum absolute atomic E-state index is 10.4. The van der Waals surface area contributed by atoms with Crippen LogP contribution in [0.5, 0.6) is 0 Å². The van der Waals surface area contributed by atoms with Crippen molar-refractivity contribution < 1.29 is 20.1 Å². The Morgan fingerprint density at radius 3 is 2.45 bits per heavy atom. The molecule has 20 heavy (non-hydrogen) atoms. The normalized spacial score (nSPS) is 30.1. The van der Waals surface area contributed by atoms with Crippen LogP contribution in [0.3, 0.4) is 0 Å². The van der Waals surface area contributed by atoms with Crippen LogP contribution in [-0.2, 0) is 4.79 Å². The second-order valence-corrected chi connectivity index (χ2v) is 5.81. The minimum Gasteiger partial charge on any atom is -0.481 e. The van der Waals surface area contributed by atoms with Crippen LogP contribution in [0.25, 0.3) is 0 Å². The summed E-state index contributed by atoms with van der Waals surface area (Å²) < 4.78 is 0. The number of carbonyl (C=O) groups is 1. The molecule has 1 rings (SSSR count). The van der Waals surface area contributed by atoms with Gasteiger partial charge >= 0.3 is 5.97 Å². The minimum atomic E-state index is -0.746. The van der Waals surface area contributed by atoms with Crippen LogP contribution in [0, 0.1) is 11.8 Å². The molecule has 0 aromatic carbocycles. The highest BCUT2D eigenvalue weighted by Gasteiger charge is 2.40. The largest absolute Gasteiger partial charge is 0.481 e. The van der Waals surface area contributed by atoms with Crippen molar-refractivity contribution in [3.8, 4) is 0 Å². The van der Waals surface area contributed by atoms with Crippen LogP contribution in [0.1, 0.15) is 58.3 Å². The fourth-order valence-corrected chi connectivity index (χ4v) is 3.16. The van der Waals surface area contributed by atoms with Crippen LogP contribution in [-0.4, -0.2) is 33.5 Å². The second-order valence-electron chi connectivity index (χ2n) is 5.81. The maximum atomic E-state index is 10.4. The Morgan fingerprint density at radius 1 is 1.10 bits per heavy atom. The van der Waals surface area contributed by atoms with Crippen LogP contribution < -0.4 is 0 Å². The Morgan fingerprint density at radius 2 is 1.80 bits per heavy atom. The molecule has 0 unspecified atom stereocenters. The predicted octanol–water partition coefficient (Wildman–Crippen LogP) is 2.74. The molecule has 1 aliphatic rings. The fraction of sp³-hybridized carbons (Fsp3) is 0.812. The Hall–Kier alpha value is -0.870. The number of hydrogen-bond acceptors (Lipinski definition) is 3. The molecule has 3 N–H and O–H groups in total. The van der Waals surface area contributed by atoms with Gasteiger partial charge in [-0.15, -0.1) is 0 Å². The first-order valence-corrected chi connectivity index (χ1v) is 7.79. The van der Waals surface area contributed by atoms with Gasteiger partial charge in [-0.2, -0.15) is 0 Å². The lowest BCUT2D eigenvalue weighted by molar-refractivity contribution is -0.137. The van der Waals surface area contributed by atoms with Crippen molar-refractivity contribution >= 4 is 5.97 Å². The van der Waals surface area contributed by atoms with Crippen molar-refractivity contribution in [3.63, 3.8) is 0 Å². The highest BCUT2D eigenvalue weighted by molar-refractivity contribution is 5.66. The Bertz CT molecular complexity index is 314. The van der Waals surface area contributed by atoms with E-state index < -0.39 is 18.2 Å². The van der Waals surface area contributed by atoms with Gasteiger partial charge < -0.3 is 15.3 Å². The molecule has 1 aliphatic carbocycles. The molecule has 0 spiro atoms. The van der Waals surface area contributed by atoms with Crippen molar-refractivity contribution in [1.29, 1.82) is 0 Å². The van der Waals surface area contributed by atoms with Gasteiger partial charge in [0.15, 0.2) is 0 Å². The van der Waals surface area contributed by atoms with E-state index in [9.17, 15) is 15.0 Å². The smallest absolute Gasteiger partial charge is 0.303 e. The van der Waals surface area contributed by atoms with Gasteiger partial charge in [-0.25, -0.2) is 0 Å². The summed E-state index contributed by atoms with van der Waals surface area (Å²) in [4.78, 5) is 10.4. The molecule has 0 amide bonds. The first-order chi connectivity index (χ1) is 9.56. The summed E-state index contributed by atoms with van der Waals surface area (Å²) in [5.41, 5.74) is 0. The molecule has 0 saturated heterocycles. The summed E-state index contributed by atoms with van der Waals surface area (Å²) in [6.45, 7) is 2.08. The summed E-state index contributed by atoms with van der Waals surface area (Å²) in [5, 5.41) is 28.7. The number of unbranched alkanes of at least 4 members (excludes halogenated alkanes) is 2. The van der Waals surface area contributed by atoms with E-state index in [0.29, 0.717) is 12.8 Å². The summed E-state index contributed by atoms with van der Waals surface area (Å²) in [5.74, 6) is -0.451. The monoisotopic (exact) mass is 284 g/mol. The van der Waals surface area contributed by atoms with Crippen molar-refractivity contribution in [2.24, 2.45) is 11.8 Å². The van der Waals surface area contributed by atoms with E-state index in [1.807, 2.05) is 0 Å². The lowest BCUT2D eigenvalue weighted by Crippen LogP contribution is -2.21. The van der Waals surface area contributed by atoms with Gasteiger partial charge in [0.1, 0.15) is 0 Å². The number of carboxylic acid groups (broad SMARTS) is 1. The van der Waals surface area contributed by atoms with Crippen molar-refractivity contribution in [3.05, 3.63) is 12.2 Å². The third-order valence-corrected chi connectivity index (χ3v) is 4.26. The van der Waals surface area contributed by atoms with E-state index in [2.05, 4.69) is 19.1 Å². The van der Waals surface area contributed by atoms with Gasteiger partial charge in [0, 0.05) is 6.42 Å². The second kappa shape index (κ2) is 9.14. The molecule has 1 saturated carbocycles. The topological polar surface area (TPSA) is 77.8 Å². The number of aliphatic carboxylic acids is 1. The third kappa shape index (κ3) is 5.63. The average Bonchev–Trinajstić information content (AvgIpc) is 2.64. The molecule has 4 atom stereocenters. The number of carboxylic acids is 1. The van der Waals surface area contributed by atoms with E-state index in [0.717, 1.165) is 32.1 Å². The van der Waals surface area contributed by atoms with Gasteiger partial charge in [-0.05, 0) is 43.9 Å². The van der Waals surface area contributed by atoms with Gasteiger partial charge in [0.2, 0.25) is 0 Å². The molecule has 0 bridgehead atoms. The Labute approximate surface area is 121 Å². The van der Waals surface area contributed by atoms with Crippen LogP contribution >= 0.6 is 0 Å². The molecule has 4 nitrogen and oxygen atoms in total. The standard InChI is InChI=1S/C16H28O4/c1-2-3-5-8-12-13(15(18)11-14(12)17)9-6-4-7-10-16(19)20/h3,5,12-15,17-18H,2,4,6-11H2,1H3,(H,19,20)/t12-,13-,14-,15+/m0/s1. The number of aliphatic hydroxyl groups is 2. The van der Waals surface area contributed by atoms with Crippen LogP contribution in [0.15, 0.2) is 12.2 Å². The quantitative estimate of drug-likeness (QED) is 0.449. The summed E-state index contributed by atoms with van der Waals surface area (Å²) >= 11 is 0. The highest BCUT2D eigenvalue weighted by Crippen LogP contribution is 2.38. The van der Waals surface area contributed by atoms with Crippen LogP contribution in [0.2, 0.25) is 0 Å².